The molecule has 0 N–H and O–H groups in total. The third-order valence-electron chi connectivity index (χ3n) is 11.8. The maximum absolute atomic E-state index is 2.39. The smallest absolute Gasteiger partial charge is 0.0547 e. The van der Waals surface area contributed by atoms with E-state index in [-0.39, 0.29) is 0 Å². The van der Waals surface area contributed by atoms with Crippen LogP contribution in [-0.4, -0.2) is 4.57 Å². The third kappa shape index (κ3) is 6.23. The van der Waals surface area contributed by atoms with Crippen LogP contribution in [-0.2, 0) is 0 Å². The highest BCUT2D eigenvalue weighted by atomic mass is 15.1. The summed E-state index contributed by atoms with van der Waals surface area (Å²) in [6.07, 6.45) is 0. The average molecular weight is 765 g/mol. The molecule has 0 radical (unpaired) electrons. The summed E-state index contributed by atoms with van der Waals surface area (Å²) in [7, 11) is 0. The summed E-state index contributed by atoms with van der Waals surface area (Å²) in [5.41, 5.74) is 16.5. The molecule has 0 saturated heterocycles. The van der Waals surface area contributed by atoms with Gasteiger partial charge in [0.05, 0.1) is 11.0 Å². The van der Waals surface area contributed by atoms with Crippen LogP contribution in [0.3, 0.4) is 0 Å². The van der Waals surface area contributed by atoms with Crippen LogP contribution >= 0.6 is 0 Å². The molecule has 1 heterocycles. The topological polar surface area (TPSA) is 8.17 Å². The van der Waals surface area contributed by atoms with Gasteiger partial charge in [-0.1, -0.05) is 182 Å². The van der Waals surface area contributed by atoms with Gasteiger partial charge in [-0.25, -0.2) is 0 Å². The minimum absolute atomic E-state index is 1.09. The summed E-state index contributed by atoms with van der Waals surface area (Å²) in [5.74, 6) is 0. The molecule has 11 rings (SSSR count). The Hall–Kier alpha value is -7.94. The Morgan fingerprint density at radius 2 is 0.800 bits per heavy atom. The number of fused-ring (bicyclic) bond motifs is 4. The summed E-state index contributed by atoms with van der Waals surface area (Å²) in [4.78, 5) is 2.37. The normalized spacial score (nSPS) is 11.3. The van der Waals surface area contributed by atoms with Crippen molar-refractivity contribution >= 4 is 49.6 Å². The maximum Gasteiger partial charge on any atom is 0.0547 e. The van der Waals surface area contributed by atoms with Gasteiger partial charge in [-0.2, -0.15) is 0 Å². The van der Waals surface area contributed by atoms with Crippen LogP contribution in [0.1, 0.15) is 0 Å². The zero-order chi connectivity index (χ0) is 39.8. The van der Waals surface area contributed by atoms with E-state index in [2.05, 4.69) is 252 Å². The van der Waals surface area contributed by atoms with Crippen LogP contribution in [0.25, 0.3) is 82.8 Å². The first kappa shape index (κ1) is 35.2. The van der Waals surface area contributed by atoms with Crippen LogP contribution < -0.4 is 4.90 Å². The summed E-state index contributed by atoms with van der Waals surface area (Å²) in [5, 5.41) is 5.00. The van der Waals surface area contributed by atoms with Gasteiger partial charge < -0.3 is 9.47 Å². The first-order valence-electron chi connectivity index (χ1n) is 20.6. The van der Waals surface area contributed by atoms with E-state index in [1.54, 1.807) is 0 Å². The molecule has 0 unspecified atom stereocenters. The van der Waals surface area contributed by atoms with E-state index in [0.717, 1.165) is 22.7 Å². The molecule has 2 nitrogen and oxygen atoms in total. The predicted molar refractivity (Wildman–Crippen MR) is 255 cm³/mol. The number of rotatable bonds is 8. The van der Waals surface area contributed by atoms with Gasteiger partial charge in [0.25, 0.3) is 0 Å². The van der Waals surface area contributed by atoms with Crippen molar-refractivity contribution in [1.29, 1.82) is 0 Å². The van der Waals surface area contributed by atoms with E-state index in [4.69, 9.17) is 0 Å². The third-order valence-corrected chi connectivity index (χ3v) is 11.8. The monoisotopic (exact) mass is 764 g/mol. The highest BCUT2D eigenvalue weighted by Crippen LogP contribution is 2.43. The molecule has 0 bridgehead atoms. The molecule has 11 aromatic rings. The van der Waals surface area contributed by atoms with Crippen LogP contribution in [0.2, 0.25) is 0 Å². The Kier molecular flexibility index (Phi) is 8.87. The number of aromatic nitrogens is 1. The summed E-state index contributed by atoms with van der Waals surface area (Å²) >= 11 is 0. The second-order valence-corrected chi connectivity index (χ2v) is 15.3. The highest BCUT2D eigenvalue weighted by molar-refractivity contribution is 6.16. The van der Waals surface area contributed by atoms with Crippen molar-refractivity contribution in [2.45, 2.75) is 0 Å². The molecule has 0 aliphatic rings. The summed E-state index contributed by atoms with van der Waals surface area (Å²) in [6, 6.07) is 87.8. The Labute approximate surface area is 350 Å². The Morgan fingerprint density at radius 1 is 0.283 bits per heavy atom. The van der Waals surface area contributed by atoms with Crippen LogP contribution in [0.4, 0.5) is 17.1 Å². The molecule has 0 aliphatic heterocycles. The first-order valence-corrected chi connectivity index (χ1v) is 20.6. The lowest BCUT2D eigenvalue weighted by atomic mass is 9.92. The zero-order valence-electron chi connectivity index (χ0n) is 33.0. The van der Waals surface area contributed by atoms with Gasteiger partial charge >= 0.3 is 0 Å². The van der Waals surface area contributed by atoms with Gasteiger partial charge in [0.1, 0.15) is 0 Å². The molecule has 0 spiro atoms. The van der Waals surface area contributed by atoms with Crippen molar-refractivity contribution in [3.05, 3.63) is 243 Å². The molecule has 0 fully saturated rings. The molecule has 2 heteroatoms. The minimum atomic E-state index is 1.09. The van der Waals surface area contributed by atoms with Gasteiger partial charge in [-0.15, -0.1) is 0 Å². The average Bonchev–Trinajstić information content (AvgIpc) is 3.67. The van der Waals surface area contributed by atoms with Crippen molar-refractivity contribution in [3.63, 3.8) is 0 Å². The number of para-hydroxylation sites is 2. The maximum atomic E-state index is 2.39. The fraction of sp³-hybridized carbons (Fsp3) is 0. The van der Waals surface area contributed by atoms with Gasteiger partial charge in [-0.05, 0) is 116 Å². The van der Waals surface area contributed by atoms with Crippen molar-refractivity contribution in [2.24, 2.45) is 0 Å². The fourth-order valence-electron chi connectivity index (χ4n) is 9.03. The van der Waals surface area contributed by atoms with Crippen LogP contribution in [0.5, 0.6) is 0 Å². The molecule has 0 saturated carbocycles. The van der Waals surface area contributed by atoms with E-state index in [0.29, 0.717) is 0 Å². The molecule has 282 valence electrons. The zero-order valence-corrected chi connectivity index (χ0v) is 33.0. The number of hydrogen-bond donors (Lipinski definition) is 0. The molecule has 0 amide bonds. The van der Waals surface area contributed by atoms with Gasteiger partial charge in [0.15, 0.2) is 0 Å². The Morgan fingerprint density at radius 3 is 1.58 bits per heavy atom. The molecule has 1 aromatic heterocycles. The fourth-order valence-corrected chi connectivity index (χ4v) is 9.03. The lowest BCUT2D eigenvalue weighted by Gasteiger charge is -2.26. The lowest BCUT2D eigenvalue weighted by Crippen LogP contribution is -2.10. The lowest BCUT2D eigenvalue weighted by molar-refractivity contribution is 1.18. The van der Waals surface area contributed by atoms with E-state index in [1.165, 1.54) is 77.1 Å². The Bertz CT molecular complexity index is 3280. The van der Waals surface area contributed by atoms with Crippen LogP contribution in [0, 0.1) is 0 Å². The first-order chi connectivity index (χ1) is 29.8. The van der Waals surface area contributed by atoms with E-state index >= 15 is 0 Å². The standard InChI is InChI=1S/C58H40N2/c1-3-16-41(17-4-1)42-32-36-47(37-33-42)59(49-23-13-20-45(40-49)52-28-14-19-43-18-7-8-24-50(43)52)48-38-34-44(35-39-48)51-25-9-10-26-53(51)54-29-15-31-57-58(54)55-27-11-12-30-56(55)60(57)46-21-5-2-6-22-46/h1-40H. The highest BCUT2D eigenvalue weighted by Gasteiger charge is 2.19. The molecule has 60 heavy (non-hydrogen) atoms. The number of anilines is 3. The van der Waals surface area contributed by atoms with E-state index in [9.17, 15) is 0 Å². The van der Waals surface area contributed by atoms with Gasteiger partial charge in [-0.3, -0.25) is 0 Å². The van der Waals surface area contributed by atoms with Crippen molar-refractivity contribution in [1.82, 2.24) is 4.57 Å². The van der Waals surface area contributed by atoms with Gasteiger partial charge in [0.2, 0.25) is 0 Å². The van der Waals surface area contributed by atoms with Gasteiger partial charge in [0, 0.05) is 33.5 Å². The number of nitrogens with zero attached hydrogens (tertiary/aromatic N) is 2. The second kappa shape index (κ2) is 15.1. The molecular weight excluding hydrogens is 725 g/mol. The second-order valence-electron chi connectivity index (χ2n) is 15.3. The summed E-state index contributed by atoms with van der Waals surface area (Å²) in [6.45, 7) is 0. The molecular formula is C58H40N2. The molecule has 0 aliphatic carbocycles. The largest absolute Gasteiger partial charge is 0.310 e. The molecule has 10 aromatic carbocycles. The van der Waals surface area contributed by atoms with Crippen molar-refractivity contribution < 1.29 is 0 Å². The van der Waals surface area contributed by atoms with E-state index in [1.807, 2.05) is 0 Å². The number of benzene rings is 10. The Balaban J connectivity index is 1.03. The van der Waals surface area contributed by atoms with E-state index < -0.39 is 0 Å². The SMILES string of the molecule is c1ccc(-c2ccc(N(c3ccc(-c4ccccc4-c4cccc5c4c4ccccc4n5-c4ccccc4)cc3)c3cccc(-c4cccc5ccccc45)c3)cc2)cc1. The van der Waals surface area contributed by atoms with Crippen molar-refractivity contribution in [3.8, 4) is 50.2 Å². The minimum Gasteiger partial charge on any atom is -0.310 e. The van der Waals surface area contributed by atoms with Crippen LogP contribution in [0.15, 0.2) is 243 Å². The predicted octanol–water partition coefficient (Wildman–Crippen LogP) is 16.1. The quantitative estimate of drug-likeness (QED) is 0.150. The molecule has 0 atom stereocenters. The number of hydrogen-bond acceptors (Lipinski definition) is 1. The van der Waals surface area contributed by atoms with Crippen molar-refractivity contribution in [2.75, 3.05) is 4.90 Å². The summed E-state index contributed by atoms with van der Waals surface area (Å²) < 4.78 is 2.39.